The lowest BCUT2D eigenvalue weighted by Gasteiger charge is -2.29. The molecular formula is C24H33N3O2. The molecular weight excluding hydrogens is 362 g/mol. The third kappa shape index (κ3) is 4.89. The monoisotopic (exact) mass is 395 g/mol. The number of aryl methyl sites for hydroxylation is 1. The van der Waals surface area contributed by atoms with Crippen molar-refractivity contribution in [2.45, 2.75) is 65.0 Å². The van der Waals surface area contributed by atoms with Crippen LogP contribution in [-0.2, 0) is 16.1 Å². The van der Waals surface area contributed by atoms with Crippen molar-refractivity contribution in [3.05, 3.63) is 35.4 Å². The Morgan fingerprint density at radius 3 is 2.66 bits per heavy atom. The summed E-state index contributed by atoms with van der Waals surface area (Å²) in [5, 5.41) is 1.15. The van der Waals surface area contributed by atoms with Crippen LogP contribution in [-0.4, -0.2) is 48.1 Å². The maximum Gasteiger partial charge on any atom is 0.219 e. The van der Waals surface area contributed by atoms with Gasteiger partial charge in [-0.15, -0.1) is 0 Å². The van der Waals surface area contributed by atoms with Gasteiger partial charge in [0.15, 0.2) is 0 Å². The van der Waals surface area contributed by atoms with Crippen molar-refractivity contribution >= 4 is 22.6 Å². The first kappa shape index (κ1) is 20.1. The van der Waals surface area contributed by atoms with Gasteiger partial charge in [0, 0.05) is 50.7 Å². The lowest BCUT2D eigenvalue weighted by atomic mass is 10.1. The largest absolute Gasteiger partial charge is 0.376 e. The first-order valence-corrected chi connectivity index (χ1v) is 11.1. The zero-order chi connectivity index (χ0) is 20.2. The Balaban J connectivity index is 1.68. The fourth-order valence-corrected chi connectivity index (χ4v) is 4.55. The van der Waals surface area contributed by atoms with Gasteiger partial charge in [-0.1, -0.05) is 24.5 Å². The third-order valence-corrected chi connectivity index (χ3v) is 6.19. The molecule has 0 saturated carbocycles. The van der Waals surface area contributed by atoms with Crippen LogP contribution in [0.4, 0.5) is 5.82 Å². The number of aromatic nitrogens is 1. The molecule has 1 atom stereocenters. The van der Waals surface area contributed by atoms with E-state index in [0.717, 1.165) is 54.8 Å². The summed E-state index contributed by atoms with van der Waals surface area (Å²) in [6.07, 6.45) is 7.29. The topological polar surface area (TPSA) is 45.7 Å². The van der Waals surface area contributed by atoms with Gasteiger partial charge in [-0.3, -0.25) is 4.79 Å². The molecule has 2 aliphatic heterocycles. The lowest BCUT2D eigenvalue weighted by Crippen LogP contribution is -2.36. The summed E-state index contributed by atoms with van der Waals surface area (Å²) in [4.78, 5) is 21.9. The Morgan fingerprint density at radius 1 is 1.17 bits per heavy atom. The molecule has 4 rings (SSSR count). The molecule has 0 bridgehead atoms. The fraction of sp³-hybridized carbons (Fsp3) is 0.583. The van der Waals surface area contributed by atoms with Crippen LogP contribution < -0.4 is 4.90 Å². The fourth-order valence-electron chi connectivity index (χ4n) is 4.55. The van der Waals surface area contributed by atoms with Gasteiger partial charge in [0.2, 0.25) is 5.91 Å². The lowest BCUT2D eigenvalue weighted by molar-refractivity contribution is -0.131. The van der Waals surface area contributed by atoms with E-state index in [2.05, 4.69) is 36.1 Å². The summed E-state index contributed by atoms with van der Waals surface area (Å²) in [6.45, 7) is 7.94. The highest BCUT2D eigenvalue weighted by Gasteiger charge is 2.23. The number of anilines is 1. The summed E-state index contributed by atoms with van der Waals surface area (Å²) < 4.78 is 5.80. The van der Waals surface area contributed by atoms with Crippen LogP contribution in [0.1, 0.15) is 56.6 Å². The zero-order valence-corrected chi connectivity index (χ0v) is 17.8. The van der Waals surface area contributed by atoms with E-state index in [0.29, 0.717) is 13.1 Å². The third-order valence-electron chi connectivity index (χ3n) is 6.19. The molecule has 0 N–H and O–H groups in total. The summed E-state index contributed by atoms with van der Waals surface area (Å²) in [6, 6.07) is 8.68. The number of ether oxygens (including phenoxy) is 1. The van der Waals surface area contributed by atoms with E-state index in [4.69, 9.17) is 9.72 Å². The van der Waals surface area contributed by atoms with Crippen molar-refractivity contribution in [3.8, 4) is 0 Å². The number of rotatable bonds is 5. The minimum absolute atomic E-state index is 0.103. The molecule has 5 nitrogen and oxygen atoms in total. The summed E-state index contributed by atoms with van der Waals surface area (Å²) >= 11 is 0. The molecule has 2 saturated heterocycles. The normalized spacial score (nSPS) is 20.1. The van der Waals surface area contributed by atoms with E-state index in [9.17, 15) is 4.79 Å². The van der Waals surface area contributed by atoms with E-state index in [1.54, 1.807) is 6.92 Å². The number of carbonyl (C=O) groups is 1. The van der Waals surface area contributed by atoms with E-state index >= 15 is 0 Å². The first-order valence-electron chi connectivity index (χ1n) is 11.1. The van der Waals surface area contributed by atoms with E-state index in [1.165, 1.54) is 31.2 Å². The van der Waals surface area contributed by atoms with Gasteiger partial charge in [-0.2, -0.15) is 0 Å². The second kappa shape index (κ2) is 9.12. The van der Waals surface area contributed by atoms with E-state index in [-0.39, 0.29) is 12.0 Å². The van der Waals surface area contributed by atoms with Crippen molar-refractivity contribution < 1.29 is 9.53 Å². The van der Waals surface area contributed by atoms with Crippen LogP contribution in [0.25, 0.3) is 10.9 Å². The van der Waals surface area contributed by atoms with Crippen molar-refractivity contribution in [2.24, 2.45) is 0 Å². The molecule has 1 aromatic heterocycles. The Labute approximate surface area is 174 Å². The number of pyridine rings is 1. The molecule has 1 amide bonds. The molecule has 2 aliphatic rings. The summed E-state index contributed by atoms with van der Waals surface area (Å²) in [5.41, 5.74) is 3.42. The zero-order valence-electron chi connectivity index (χ0n) is 17.8. The number of hydrogen-bond donors (Lipinski definition) is 0. The van der Waals surface area contributed by atoms with Crippen molar-refractivity contribution in [1.29, 1.82) is 0 Å². The number of fused-ring (bicyclic) bond motifs is 1. The van der Waals surface area contributed by atoms with Crippen LogP contribution in [0.5, 0.6) is 0 Å². The van der Waals surface area contributed by atoms with Crippen LogP contribution >= 0.6 is 0 Å². The van der Waals surface area contributed by atoms with Crippen molar-refractivity contribution in [2.75, 3.05) is 31.1 Å². The molecule has 5 heteroatoms. The Kier molecular flexibility index (Phi) is 6.34. The molecule has 29 heavy (non-hydrogen) atoms. The highest BCUT2D eigenvalue weighted by molar-refractivity contribution is 5.83. The Bertz CT molecular complexity index is 853. The van der Waals surface area contributed by atoms with Gasteiger partial charge < -0.3 is 14.5 Å². The van der Waals surface area contributed by atoms with Gasteiger partial charge in [0.05, 0.1) is 11.6 Å². The maximum absolute atomic E-state index is 12.4. The molecule has 1 unspecified atom stereocenters. The molecule has 156 valence electrons. The van der Waals surface area contributed by atoms with Gasteiger partial charge in [0.25, 0.3) is 0 Å². The van der Waals surface area contributed by atoms with Crippen LogP contribution in [0, 0.1) is 6.92 Å². The Morgan fingerprint density at radius 2 is 1.97 bits per heavy atom. The minimum atomic E-state index is 0.103. The summed E-state index contributed by atoms with van der Waals surface area (Å²) in [5.74, 6) is 1.16. The summed E-state index contributed by atoms with van der Waals surface area (Å²) in [7, 11) is 0. The SMILES string of the molecule is CC(=O)N(Cc1cc2cc(C)ccc2nc1N1CCCCCC1)CC1CCCO1. The number of carbonyl (C=O) groups excluding carboxylic acids is 1. The molecule has 0 radical (unpaired) electrons. The maximum atomic E-state index is 12.4. The quantitative estimate of drug-likeness (QED) is 0.750. The van der Waals surface area contributed by atoms with E-state index < -0.39 is 0 Å². The van der Waals surface area contributed by atoms with E-state index in [1.807, 2.05) is 4.90 Å². The predicted octanol–water partition coefficient (Wildman–Crippen LogP) is 4.45. The Hall–Kier alpha value is -2.14. The number of benzene rings is 1. The average Bonchev–Trinajstić information content (AvgIpc) is 3.06. The highest BCUT2D eigenvalue weighted by atomic mass is 16.5. The van der Waals surface area contributed by atoms with Crippen LogP contribution in [0.2, 0.25) is 0 Å². The average molecular weight is 396 g/mol. The van der Waals surface area contributed by atoms with Gasteiger partial charge in [0.1, 0.15) is 5.82 Å². The molecule has 0 aliphatic carbocycles. The predicted molar refractivity (Wildman–Crippen MR) is 117 cm³/mol. The number of hydrogen-bond acceptors (Lipinski definition) is 4. The van der Waals surface area contributed by atoms with Gasteiger partial charge in [-0.25, -0.2) is 4.98 Å². The van der Waals surface area contributed by atoms with Crippen LogP contribution in [0.15, 0.2) is 24.3 Å². The minimum Gasteiger partial charge on any atom is -0.376 e. The molecule has 0 spiro atoms. The van der Waals surface area contributed by atoms with Gasteiger partial charge in [-0.05, 0) is 50.8 Å². The molecule has 1 aromatic carbocycles. The highest BCUT2D eigenvalue weighted by Crippen LogP contribution is 2.28. The second-order valence-electron chi connectivity index (χ2n) is 8.60. The van der Waals surface area contributed by atoms with Crippen molar-refractivity contribution in [1.82, 2.24) is 9.88 Å². The first-order chi connectivity index (χ1) is 14.1. The smallest absolute Gasteiger partial charge is 0.219 e. The standard InChI is InChI=1S/C24H33N3O2/c1-18-9-10-23-20(14-18)15-21(24(25-23)26-11-5-3-4-6-12-26)16-27(19(2)28)17-22-8-7-13-29-22/h9-10,14-15,22H,3-8,11-13,16-17H2,1-2H3. The number of amides is 1. The van der Waals surface area contributed by atoms with Crippen molar-refractivity contribution in [3.63, 3.8) is 0 Å². The molecule has 2 aromatic rings. The van der Waals surface area contributed by atoms with Gasteiger partial charge >= 0.3 is 0 Å². The van der Waals surface area contributed by atoms with Crippen LogP contribution in [0.3, 0.4) is 0 Å². The molecule has 3 heterocycles. The second-order valence-corrected chi connectivity index (χ2v) is 8.60. The molecule has 2 fully saturated rings. The number of nitrogens with zero attached hydrogens (tertiary/aromatic N) is 3.